The van der Waals surface area contributed by atoms with Crippen molar-refractivity contribution in [2.24, 2.45) is 0 Å². The third-order valence-electron chi connectivity index (χ3n) is 4.20. The second kappa shape index (κ2) is 8.10. The van der Waals surface area contributed by atoms with Gasteiger partial charge in [-0.3, -0.25) is 9.59 Å². The van der Waals surface area contributed by atoms with E-state index in [1.54, 1.807) is 17.9 Å². The van der Waals surface area contributed by atoms with Gasteiger partial charge in [-0.1, -0.05) is 27.5 Å². The van der Waals surface area contributed by atoms with Gasteiger partial charge in [0, 0.05) is 28.8 Å². The van der Waals surface area contributed by atoms with E-state index in [1.165, 1.54) is 0 Å². The Bertz CT molecular complexity index is 826. The van der Waals surface area contributed by atoms with Gasteiger partial charge in [0.1, 0.15) is 6.04 Å². The molecule has 1 aliphatic rings. The smallest absolute Gasteiger partial charge is 0.246 e. The maximum absolute atomic E-state index is 12.3. The Morgan fingerprint density at radius 1 is 1.19 bits per heavy atom. The number of nitrogens with zero attached hydrogens (tertiary/aromatic N) is 1. The molecule has 2 amide bonds. The Morgan fingerprint density at radius 2 is 1.88 bits per heavy atom. The van der Waals surface area contributed by atoms with Crippen molar-refractivity contribution in [3.05, 3.63) is 52.0 Å². The van der Waals surface area contributed by atoms with Gasteiger partial charge in [-0.2, -0.15) is 0 Å². The number of halogens is 2. The molecule has 1 fully saturated rings. The Morgan fingerprint density at radius 3 is 2.50 bits per heavy atom. The van der Waals surface area contributed by atoms with Gasteiger partial charge in [0.15, 0.2) is 0 Å². The maximum atomic E-state index is 12.3. The predicted molar refractivity (Wildman–Crippen MR) is 109 cm³/mol. The summed E-state index contributed by atoms with van der Waals surface area (Å²) >= 11 is 9.71. The molecule has 0 saturated carbocycles. The molecule has 136 valence electrons. The van der Waals surface area contributed by atoms with Crippen molar-refractivity contribution in [1.82, 2.24) is 0 Å². The normalized spacial score (nSPS) is 15.0. The van der Waals surface area contributed by atoms with Gasteiger partial charge in [-0.15, -0.1) is 0 Å². The highest BCUT2D eigenvalue weighted by Crippen LogP contribution is 2.31. The van der Waals surface area contributed by atoms with Crippen LogP contribution in [-0.4, -0.2) is 24.4 Å². The first-order chi connectivity index (χ1) is 12.4. The lowest BCUT2D eigenvalue weighted by atomic mass is 10.2. The van der Waals surface area contributed by atoms with E-state index in [4.69, 9.17) is 11.6 Å². The number of benzene rings is 2. The third kappa shape index (κ3) is 4.37. The van der Waals surface area contributed by atoms with Crippen LogP contribution in [-0.2, 0) is 9.59 Å². The lowest BCUT2D eigenvalue weighted by Gasteiger charge is -2.20. The Hall–Kier alpha value is -2.05. The molecule has 1 saturated heterocycles. The van der Waals surface area contributed by atoms with Gasteiger partial charge in [0.05, 0.1) is 10.7 Å². The number of amides is 2. The molecular formula is C19H19BrClN3O2. The Kier molecular flexibility index (Phi) is 5.84. The minimum Gasteiger partial charge on any atom is -0.374 e. The summed E-state index contributed by atoms with van der Waals surface area (Å²) in [6, 6.07) is 12.3. The first kappa shape index (κ1) is 18.7. The number of carbonyl (C=O) groups is 2. The molecule has 1 aliphatic heterocycles. The molecule has 0 radical (unpaired) electrons. The van der Waals surface area contributed by atoms with E-state index >= 15 is 0 Å². The van der Waals surface area contributed by atoms with E-state index in [0.717, 1.165) is 22.3 Å². The first-order valence-electron chi connectivity index (χ1n) is 8.37. The maximum Gasteiger partial charge on any atom is 0.246 e. The molecule has 0 spiro atoms. The van der Waals surface area contributed by atoms with Crippen molar-refractivity contribution in [3.63, 3.8) is 0 Å². The van der Waals surface area contributed by atoms with Gasteiger partial charge in [-0.05, 0) is 55.8 Å². The van der Waals surface area contributed by atoms with Crippen molar-refractivity contribution >= 4 is 56.4 Å². The summed E-state index contributed by atoms with van der Waals surface area (Å²) in [5.74, 6) is -0.0582. The van der Waals surface area contributed by atoms with Gasteiger partial charge < -0.3 is 15.5 Å². The molecular weight excluding hydrogens is 418 g/mol. The fourth-order valence-electron chi connectivity index (χ4n) is 2.82. The molecule has 0 unspecified atom stereocenters. The van der Waals surface area contributed by atoms with Crippen LogP contribution >= 0.6 is 27.5 Å². The Labute approximate surface area is 165 Å². The molecule has 2 N–H and O–H groups in total. The quantitative estimate of drug-likeness (QED) is 0.716. The summed E-state index contributed by atoms with van der Waals surface area (Å²) in [4.78, 5) is 25.9. The minimum atomic E-state index is -0.450. The molecule has 5 nitrogen and oxygen atoms in total. The molecule has 1 heterocycles. The van der Waals surface area contributed by atoms with Crippen LogP contribution in [0.2, 0.25) is 5.02 Å². The fourth-order valence-corrected chi connectivity index (χ4v) is 3.36. The van der Waals surface area contributed by atoms with Crippen LogP contribution in [0.15, 0.2) is 46.9 Å². The van der Waals surface area contributed by atoms with E-state index in [0.29, 0.717) is 23.7 Å². The monoisotopic (exact) mass is 435 g/mol. The van der Waals surface area contributed by atoms with Crippen molar-refractivity contribution in [2.75, 3.05) is 22.1 Å². The highest BCUT2D eigenvalue weighted by atomic mass is 79.9. The lowest BCUT2D eigenvalue weighted by molar-refractivity contribution is -0.117. The summed E-state index contributed by atoms with van der Waals surface area (Å²) in [7, 11) is 0. The van der Waals surface area contributed by atoms with Crippen molar-refractivity contribution in [3.8, 4) is 0 Å². The third-order valence-corrected chi connectivity index (χ3v) is 5.03. The van der Waals surface area contributed by atoms with Crippen LogP contribution in [0.5, 0.6) is 0 Å². The van der Waals surface area contributed by atoms with Gasteiger partial charge in [-0.25, -0.2) is 0 Å². The summed E-state index contributed by atoms with van der Waals surface area (Å²) in [6.07, 6.45) is 1.41. The average Bonchev–Trinajstić information content (AvgIpc) is 3.03. The molecule has 0 aliphatic carbocycles. The fraction of sp³-hybridized carbons (Fsp3) is 0.263. The predicted octanol–water partition coefficient (Wildman–Crippen LogP) is 4.67. The standard InChI is InChI=1S/C19H19BrClN3O2/c1-12(19(26)23-14-6-4-13(20)5-7-14)22-15-8-9-17(16(21)11-15)24-10-2-3-18(24)25/h4-9,11-12,22H,2-3,10H2,1H3,(H,23,26)/t12-/m1/s1. The molecule has 7 heteroatoms. The molecule has 2 aromatic carbocycles. The largest absolute Gasteiger partial charge is 0.374 e. The van der Waals surface area contributed by atoms with Gasteiger partial charge in [0.25, 0.3) is 0 Å². The van der Waals surface area contributed by atoms with Crippen LogP contribution in [0.4, 0.5) is 17.1 Å². The van der Waals surface area contributed by atoms with Crippen LogP contribution in [0.1, 0.15) is 19.8 Å². The van der Waals surface area contributed by atoms with E-state index in [9.17, 15) is 9.59 Å². The van der Waals surface area contributed by atoms with E-state index in [-0.39, 0.29) is 11.8 Å². The number of rotatable bonds is 5. The number of anilines is 3. The first-order valence-corrected chi connectivity index (χ1v) is 9.54. The molecule has 2 aromatic rings. The van der Waals surface area contributed by atoms with Crippen LogP contribution in [0.3, 0.4) is 0 Å². The zero-order valence-electron chi connectivity index (χ0n) is 14.3. The van der Waals surface area contributed by atoms with E-state index in [2.05, 4.69) is 26.6 Å². The summed E-state index contributed by atoms with van der Waals surface area (Å²) in [6.45, 7) is 2.47. The SMILES string of the molecule is C[C@@H](Nc1ccc(N2CCCC2=O)c(Cl)c1)C(=O)Nc1ccc(Br)cc1. The number of hydrogen-bond donors (Lipinski definition) is 2. The van der Waals surface area contributed by atoms with Crippen molar-refractivity contribution in [1.29, 1.82) is 0 Å². The average molecular weight is 437 g/mol. The van der Waals surface area contributed by atoms with Crippen molar-refractivity contribution in [2.45, 2.75) is 25.8 Å². The summed E-state index contributed by atoms with van der Waals surface area (Å²) in [5.41, 5.74) is 2.17. The van der Waals surface area contributed by atoms with E-state index in [1.807, 2.05) is 36.4 Å². The molecule has 1 atom stereocenters. The minimum absolute atomic E-state index is 0.0925. The van der Waals surface area contributed by atoms with Crippen LogP contribution < -0.4 is 15.5 Å². The summed E-state index contributed by atoms with van der Waals surface area (Å²) in [5, 5.41) is 6.48. The molecule has 0 bridgehead atoms. The van der Waals surface area contributed by atoms with Crippen molar-refractivity contribution < 1.29 is 9.59 Å². The number of carbonyl (C=O) groups excluding carboxylic acids is 2. The van der Waals surface area contributed by atoms with Crippen LogP contribution in [0.25, 0.3) is 0 Å². The second-order valence-corrected chi connectivity index (χ2v) is 7.50. The molecule has 26 heavy (non-hydrogen) atoms. The molecule has 3 rings (SSSR count). The number of hydrogen-bond acceptors (Lipinski definition) is 3. The second-order valence-electron chi connectivity index (χ2n) is 6.18. The van der Waals surface area contributed by atoms with Gasteiger partial charge >= 0.3 is 0 Å². The molecule has 0 aromatic heterocycles. The van der Waals surface area contributed by atoms with Crippen LogP contribution in [0, 0.1) is 0 Å². The topological polar surface area (TPSA) is 61.4 Å². The lowest BCUT2D eigenvalue weighted by Crippen LogP contribution is -2.31. The zero-order valence-corrected chi connectivity index (χ0v) is 16.6. The highest BCUT2D eigenvalue weighted by molar-refractivity contribution is 9.10. The zero-order chi connectivity index (χ0) is 18.7. The Balaban J connectivity index is 1.64. The van der Waals surface area contributed by atoms with E-state index < -0.39 is 6.04 Å². The summed E-state index contributed by atoms with van der Waals surface area (Å²) < 4.78 is 0.952. The highest BCUT2D eigenvalue weighted by Gasteiger charge is 2.23. The van der Waals surface area contributed by atoms with Gasteiger partial charge in [0.2, 0.25) is 11.8 Å². The number of nitrogens with one attached hydrogen (secondary N) is 2.